The summed E-state index contributed by atoms with van der Waals surface area (Å²) in [5.74, 6) is -0.263. The van der Waals surface area contributed by atoms with Gasteiger partial charge in [0.05, 0.1) is 10.1 Å². The van der Waals surface area contributed by atoms with Crippen molar-refractivity contribution < 1.29 is 9.50 Å². The first kappa shape index (κ1) is 12.0. The second-order valence-electron chi connectivity index (χ2n) is 4.39. The Balaban J connectivity index is 2.16. The minimum Gasteiger partial charge on any atom is -0.388 e. The van der Waals surface area contributed by atoms with Gasteiger partial charge in [-0.2, -0.15) is 0 Å². The molecule has 1 fully saturated rings. The molecule has 1 aliphatic heterocycles. The summed E-state index contributed by atoms with van der Waals surface area (Å²) in [5.41, 5.74) is -0.236. The van der Waals surface area contributed by atoms with Gasteiger partial charge in [0.25, 0.3) is 0 Å². The molecule has 0 saturated carbocycles. The normalized spacial score (nSPS) is 25.7. The van der Waals surface area contributed by atoms with Gasteiger partial charge in [-0.15, -0.1) is 0 Å². The molecule has 1 aliphatic rings. The topological polar surface area (TPSA) is 32.3 Å². The molecular weight excluding hydrogens is 273 g/mol. The molecule has 88 valence electrons. The van der Waals surface area contributed by atoms with E-state index < -0.39 is 5.60 Å². The van der Waals surface area contributed by atoms with Crippen molar-refractivity contribution >= 4 is 15.9 Å². The lowest BCUT2D eigenvalue weighted by Gasteiger charge is -2.32. The van der Waals surface area contributed by atoms with Gasteiger partial charge in [-0.25, -0.2) is 4.39 Å². The average molecular weight is 288 g/mol. The summed E-state index contributed by atoms with van der Waals surface area (Å²) in [6.07, 6.45) is 2.03. The molecule has 1 aromatic carbocycles. The maximum Gasteiger partial charge on any atom is 0.140 e. The molecule has 1 aromatic rings. The van der Waals surface area contributed by atoms with E-state index in [-0.39, 0.29) is 5.82 Å². The van der Waals surface area contributed by atoms with Gasteiger partial charge in [0.2, 0.25) is 0 Å². The van der Waals surface area contributed by atoms with Crippen molar-refractivity contribution in [1.82, 2.24) is 5.32 Å². The van der Waals surface area contributed by atoms with Crippen molar-refractivity contribution in [2.45, 2.75) is 24.9 Å². The molecular formula is C12H15BrFNO. The van der Waals surface area contributed by atoms with Crippen molar-refractivity contribution in [2.75, 3.05) is 13.1 Å². The molecule has 1 heterocycles. The Kier molecular flexibility index (Phi) is 3.62. The fourth-order valence-electron chi connectivity index (χ4n) is 2.14. The second-order valence-corrected chi connectivity index (χ2v) is 5.25. The lowest BCUT2D eigenvalue weighted by molar-refractivity contribution is 0.0162. The van der Waals surface area contributed by atoms with Gasteiger partial charge in [0.15, 0.2) is 0 Å². The maximum atomic E-state index is 13.7. The van der Waals surface area contributed by atoms with Crippen LogP contribution in [0.3, 0.4) is 0 Å². The quantitative estimate of drug-likeness (QED) is 0.875. The van der Waals surface area contributed by atoms with E-state index in [1.807, 2.05) is 0 Å². The zero-order valence-corrected chi connectivity index (χ0v) is 10.6. The standard InChI is InChI=1S/C12H15BrFNO/c13-10-4-1-3-9(11(10)14)7-12(16)5-2-6-15-8-12/h1,3-4,15-16H,2,5-8H2. The van der Waals surface area contributed by atoms with E-state index >= 15 is 0 Å². The average Bonchev–Trinajstić information content (AvgIpc) is 2.26. The Labute approximate surface area is 103 Å². The molecule has 2 N–H and O–H groups in total. The van der Waals surface area contributed by atoms with Crippen LogP contribution >= 0.6 is 15.9 Å². The highest BCUT2D eigenvalue weighted by Gasteiger charge is 2.30. The molecule has 0 radical (unpaired) electrons. The highest BCUT2D eigenvalue weighted by atomic mass is 79.9. The van der Waals surface area contributed by atoms with E-state index in [9.17, 15) is 9.50 Å². The first-order chi connectivity index (χ1) is 7.61. The minimum absolute atomic E-state index is 0.263. The lowest BCUT2D eigenvalue weighted by Crippen LogP contribution is -2.47. The van der Waals surface area contributed by atoms with Crippen LogP contribution in [0.15, 0.2) is 22.7 Å². The number of aliphatic hydroxyl groups is 1. The van der Waals surface area contributed by atoms with Crippen molar-refractivity contribution in [3.05, 3.63) is 34.1 Å². The fraction of sp³-hybridized carbons (Fsp3) is 0.500. The zero-order valence-electron chi connectivity index (χ0n) is 8.97. The summed E-state index contributed by atoms with van der Waals surface area (Å²) in [6, 6.07) is 5.19. The van der Waals surface area contributed by atoms with Crippen molar-refractivity contribution in [3.63, 3.8) is 0 Å². The predicted molar refractivity (Wildman–Crippen MR) is 64.9 cm³/mol. The van der Waals surface area contributed by atoms with E-state index in [4.69, 9.17) is 0 Å². The van der Waals surface area contributed by atoms with Gasteiger partial charge >= 0.3 is 0 Å². The molecule has 0 aromatic heterocycles. The first-order valence-electron chi connectivity index (χ1n) is 5.47. The SMILES string of the molecule is OC1(Cc2cccc(Br)c2F)CCCNC1. The molecule has 2 nitrogen and oxygen atoms in total. The number of nitrogens with one attached hydrogen (secondary N) is 1. The minimum atomic E-state index is -0.806. The Hall–Kier alpha value is -0.450. The summed E-state index contributed by atoms with van der Waals surface area (Å²) in [5, 5.41) is 13.4. The van der Waals surface area contributed by atoms with Crippen molar-refractivity contribution in [1.29, 1.82) is 0 Å². The van der Waals surface area contributed by atoms with Crippen LogP contribution in [0.1, 0.15) is 18.4 Å². The summed E-state index contributed by atoms with van der Waals surface area (Å²) in [6.45, 7) is 1.47. The van der Waals surface area contributed by atoms with Crippen LogP contribution in [-0.4, -0.2) is 23.8 Å². The summed E-state index contributed by atoms with van der Waals surface area (Å²) in [7, 11) is 0. The monoisotopic (exact) mass is 287 g/mol. The summed E-state index contributed by atoms with van der Waals surface area (Å²) < 4.78 is 14.2. The van der Waals surface area contributed by atoms with E-state index in [2.05, 4.69) is 21.2 Å². The Morgan fingerprint density at radius 3 is 3.00 bits per heavy atom. The Morgan fingerprint density at radius 2 is 2.31 bits per heavy atom. The van der Waals surface area contributed by atoms with Gasteiger partial charge in [-0.1, -0.05) is 12.1 Å². The van der Waals surface area contributed by atoms with Crippen LogP contribution in [0.5, 0.6) is 0 Å². The van der Waals surface area contributed by atoms with E-state index in [1.165, 1.54) is 0 Å². The van der Waals surface area contributed by atoms with Gasteiger partial charge in [0, 0.05) is 13.0 Å². The van der Waals surface area contributed by atoms with Crippen LogP contribution in [-0.2, 0) is 6.42 Å². The second kappa shape index (κ2) is 4.82. The molecule has 0 spiro atoms. The van der Waals surface area contributed by atoms with Crippen molar-refractivity contribution in [3.8, 4) is 0 Å². The summed E-state index contributed by atoms with van der Waals surface area (Å²) >= 11 is 3.16. The molecule has 0 amide bonds. The van der Waals surface area contributed by atoms with Crippen LogP contribution in [0.4, 0.5) is 4.39 Å². The highest BCUT2D eigenvalue weighted by molar-refractivity contribution is 9.10. The molecule has 4 heteroatoms. The fourth-order valence-corrected chi connectivity index (χ4v) is 2.55. The van der Waals surface area contributed by atoms with Gasteiger partial charge in [-0.05, 0) is 46.9 Å². The van der Waals surface area contributed by atoms with Gasteiger partial charge in [-0.3, -0.25) is 0 Å². The van der Waals surface area contributed by atoms with E-state index in [1.54, 1.807) is 18.2 Å². The third-order valence-electron chi connectivity index (χ3n) is 3.00. The van der Waals surface area contributed by atoms with Crippen LogP contribution in [0, 0.1) is 5.82 Å². The maximum absolute atomic E-state index is 13.7. The predicted octanol–water partition coefficient (Wildman–Crippen LogP) is 2.25. The molecule has 1 saturated heterocycles. The zero-order chi connectivity index (χ0) is 11.6. The molecule has 0 bridgehead atoms. The largest absolute Gasteiger partial charge is 0.388 e. The Morgan fingerprint density at radius 1 is 1.50 bits per heavy atom. The number of halogens is 2. The van der Waals surface area contributed by atoms with Crippen LogP contribution in [0.2, 0.25) is 0 Å². The van der Waals surface area contributed by atoms with E-state index in [0.717, 1.165) is 19.4 Å². The molecule has 0 aliphatic carbocycles. The molecule has 1 atom stereocenters. The number of hydrogen-bond acceptors (Lipinski definition) is 2. The first-order valence-corrected chi connectivity index (χ1v) is 6.26. The number of hydrogen-bond donors (Lipinski definition) is 2. The molecule has 2 rings (SSSR count). The molecule has 16 heavy (non-hydrogen) atoms. The lowest BCUT2D eigenvalue weighted by atomic mass is 9.87. The number of β-amino-alcohol motifs (C(OH)–C–C–N with tert-alkyl or cyclic N) is 1. The van der Waals surface area contributed by atoms with Gasteiger partial charge in [0.1, 0.15) is 5.82 Å². The smallest absolute Gasteiger partial charge is 0.140 e. The number of rotatable bonds is 2. The van der Waals surface area contributed by atoms with E-state index in [0.29, 0.717) is 23.0 Å². The molecule has 1 unspecified atom stereocenters. The summed E-state index contributed by atoms with van der Waals surface area (Å²) in [4.78, 5) is 0. The third kappa shape index (κ3) is 2.62. The Bertz CT molecular complexity index is 377. The van der Waals surface area contributed by atoms with Crippen LogP contribution < -0.4 is 5.32 Å². The number of benzene rings is 1. The number of piperidine rings is 1. The highest BCUT2D eigenvalue weighted by Crippen LogP contribution is 2.25. The third-order valence-corrected chi connectivity index (χ3v) is 3.61. The van der Waals surface area contributed by atoms with Crippen LogP contribution in [0.25, 0.3) is 0 Å². The van der Waals surface area contributed by atoms with Crippen molar-refractivity contribution in [2.24, 2.45) is 0 Å². The van der Waals surface area contributed by atoms with Gasteiger partial charge < -0.3 is 10.4 Å².